The highest BCUT2D eigenvalue weighted by atomic mass is 32.1. The Morgan fingerprint density at radius 1 is 1.21 bits per heavy atom. The van der Waals surface area contributed by atoms with Gasteiger partial charge in [0, 0.05) is 50.7 Å². The molecule has 1 aliphatic heterocycles. The summed E-state index contributed by atoms with van der Waals surface area (Å²) in [6.07, 6.45) is 7.49. The molecule has 5 heterocycles. The third-order valence-electron chi connectivity index (χ3n) is 5.19. The van der Waals surface area contributed by atoms with Crippen LogP contribution in [0.1, 0.15) is 11.4 Å². The van der Waals surface area contributed by atoms with Gasteiger partial charge < -0.3 is 10.2 Å². The van der Waals surface area contributed by atoms with Crippen molar-refractivity contribution >= 4 is 28.0 Å². The van der Waals surface area contributed by atoms with Gasteiger partial charge >= 0.3 is 0 Å². The second-order valence-electron chi connectivity index (χ2n) is 7.44. The Kier molecular flexibility index (Phi) is 4.74. The molecular formula is C19H23N9S. The van der Waals surface area contributed by atoms with Crippen LogP contribution in [0.15, 0.2) is 30.9 Å². The van der Waals surface area contributed by atoms with E-state index < -0.39 is 0 Å². The van der Waals surface area contributed by atoms with Crippen LogP contribution in [0.4, 0.5) is 10.8 Å². The fraction of sp³-hybridized carbons (Fsp3) is 0.368. The van der Waals surface area contributed by atoms with E-state index in [4.69, 9.17) is 0 Å². The molecule has 10 heteroatoms. The van der Waals surface area contributed by atoms with E-state index in [1.54, 1.807) is 6.20 Å². The van der Waals surface area contributed by atoms with Crippen LogP contribution < -0.4 is 5.32 Å². The van der Waals surface area contributed by atoms with E-state index in [1.807, 2.05) is 29.9 Å². The van der Waals surface area contributed by atoms with Crippen LogP contribution in [0.3, 0.4) is 0 Å². The topological polar surface area (TPSA) is 90.3 Å². The Morgan fingerprint density at radius 3 is 2.86 bits per heavy atom. The molecule has 29 heavy (non-hydrogen) atoms. The number of hydrogen-bond donors (Lipinski definition) is 2. The molecule has 0 spiro atoms. The monoisotopic (exact) mass is 409 g/mol. The third kappa shape index (κ3) is 3.74. The fourth-order valence-electron chi connectivity index (χ4n) is 3.59. The van der Waals surface area contributed by atoms with Crippen LogP contribution in [0.2, 0.25) is 0 Å². The number of rotatable bonds is 5. The molecule has 0 amide bonds. The van der Waals surface area contributed by atoms with E-state index in [-0.39, 0.29) is 0 Å². The number of anilines is 2. The highest BCUT2D eigenvalue weighted by molar-refractivity contribution is 7.10. The molecule has 0 unspecified atom stereocenters. The number of nitrogens with zero attached hydrogens (tertiary/aromatic N) is 7. The Hall–Kier alpha value is -2.82. The number of hydrogen-bond acceptors (Lipinski definition) is 8. The van der Waals surface area contributed by atoms with Crippen molar-refractivity contribution in [1.82, 2.24) is 38.7 Å². The first kappa shape index (κ1) is 18.2. The highest BCUT2D eigenvalue weighted by Gasteiger charge is 2.17. The largest absolute Gasteiger partial charge is 0.328 e. The summed E-state index contributed by atoms with van der Waals surface area (Å²) in [5.74, 6) is 0.731. The molecule has 1 saturated heterocycles. The third-order valence-corrected chi connectivity index (χ3v) is 5.93. The lowest BCUT2D eigenvalue weighted by atomic mass is 10.3. The van der Waals surface area contributed by atoms with Gasteiger partial charge in [-0.25, -0.2) is 9.97 Å². The molecule has 1 aliphatic rings. The van der Waals surface area contributed by atoms with Crippen molar-refractivity contribution < 1.29 is 0 Å². The van der Waals surface area contributed by atoms with Crippen LogP contribution in [-0.2, 0) is 6.54 Å². The number of aromatic amines is 1. The maximum atomic E-state index is 4.67. The molecule has 0 bridgehead atoms. The summed E-state index contributed by atoms with van der Waals surface area (Å²) in [6.45, 7) is 7.26. The first-order valence-corrected chi connectivity index (χ1v) is 10.4. The molecule has 0 radical (unpaired) electrons. The summed E-state index contributed by atoms with van der Waals surface area (Å²) in [6, 6.07) is 2.11. The predicted molar refractivity (Wildman–Crippen MR) is 113 cm³/mol. The van der Waals surface area contributed by atoms with E-state index >= 15 is 0 Å². The first-order chi connectivity index (χ1) is 14.2. The molecule has 4 aromatic rings. The summed E-state index contributed by atoms with van der Waals surface area (Å²) >= 11 is 1.46. The van der Waals surface area contributed by atoms with Crippen molar-refractivity contribution in [3.8, 4) is 11.3 Å². The smallest absolute Gasteiger partial charge is 0.180 e. The summed E-state index contributed by atoms with van der Waals surface area (Å²) in [7, 11) is 2.17. The summed E-state index contributed by atoms with van der Waals surface area (Å²) in [4.78, 5) is 14.1. The van der Waals surface area contributed by atoms with Crippen LogP contribution in [0.25, 0.3) is 16.9 Å². The van der Waals surface area contributed by atoms with Crippen molar-refractivity contribution in [2.24, 2.45) is 0 Å². The molecule has 0 saturated carbocycles. The number of nitrogens with one attached hydrogen (secondary N) is 2. The zero-order valence-corrected chi connectivity index (χ0v) is 17.3. The van der Waals surface area contributed by atoms with Gasteiger partial charge in [0.25, 0.3) is 0 Å². The second kappa shape index (κ2) is 7.54. The quantitative estimate of drug-likeness (QED) is 0.523. The van der Waals surface area contributed by atoms with Crippen molar-refractivity contribution in [2.75, 3.05) is 38.5 Å². The lowest BCUT2D eigenvalue weighted by Gasteiger charge is -2.31. The minimum absolute atomic E-state index is 0.731. The Bertz CT molecular complexity index is 1110. The van der Waals surface area contributed by atoms with Crippen LogP contribution in [0.5, 0.6) is 0 Å². The first-order valence-electron chi connectivity index (χ1n) is 9.63. The molecule has 5 rings (SSSR count). The van der Waals surface area contributed by atoms with Gasteiger partial charge in [-0.1, -0.05) is 0 Å². The van der Waals surface area contributed by atoms with Gasteiger partial charge in [-0.2, -0.15) is 9.47 Å². The number of aromatic nitrogens is 6. The number of likely N-dealkylation sites (N-methyl/N-ethyl adjacent to an activating group) is 1. The van der Waals surface area contributed by atoms with Crippen LogP contribution in [-0.4, -0.2) is 72.0 Å². The van der Waals surface area contributed by atoms with Crippen molar-refractivity contribution in [3.63, 3.8) is 0 Å². The molecule has 4 aromatic heterocycles. The standard InChI is InChI=1S/C19H23N9S/c1-13-11-28-16(14-8-21-22-9-14)10-20-19(28)18(23-13)24-17-7-15(25-29-17)12-27-5-3-26(2)4-6-27/h7-11H,3-6,12H2,1-2H3,(H,21,22)(H,23,24). The number of H-pyrrole nitrogens is 1. The molecule has 1 fully saturated rings. The minimum Gasteiger partial charge on any atom is -0.328 e. The normalized spacial score (nSPS) is 15.9. The lowest BCUT2D eigenvalue weighted by molar-refractivity contribution is 0.147. The van der Waals surface area contributed by atoms with E-state index in [9.17, 15) is 0 Å². The Labute approximate surface area is 172 Å². The fourth-order valence-corrected chi connectivity index (χ4v) is 4.25. The zero-order chi connectivity index (χ0) is 19.8. The number of fused-ring (bicyclic) bond motifs is 1. The van der Waals surface area contributed by atoms with Crippen molar-refractivity contribution in [1.29, 1.82) is 0 Å². The lowest BCUT2D eigenvalue weighted by Crippen LogP contribution is -2.43. The maximum absolute atomic E-state index is 4.67. The molecule has 2 N–H and O–H groups in total. The van der Waals surface area contributed by atoms with Gasteiger partial charge in [-0.05, 0) is 31.6 Å². The Balaban J connectivity index is 1.37. The van der Waals surface area contributed by atoms with Gasteiger partial charge in [0.05, 0.1) is 29.5 Å². The van der Waals surface area contributed by atoms with E-state index in [0.29, 0.717) is 0 Å². The number of piperazine rings is 1. The minimum atomic E-state index is 0.731. The summed E-state index contributed by atoms with van der Waals surface area (Å²) in [5, 5.41) is 11.3. The van der Waals surface area contributed by atoms with Crippen LogP contribution >= 0.6 is 11.5 Å². The zero-order valence-electron chi connectivity index (χ0n) is 16.5. The highest BCUT2D eigenvalue weighted by Crippen LogP contribution is 2.27. The number of imidazole rings is 1. The molecular weight excluding hydrogens is 386 g/mol. The van der Waals surface area contributed by atoms with E-state index in [1.165, 1.54) is 11.5 Å². The molecule has 0 aliphatic carbocycles. The van der Waals surface area contributed by atoms with Crippen molar-refractivity contribution in [3.05, 3.63) is 42.2 Å². The van der Waals surface area contributed by atoms with E-state index in [2.05, 4.69) is 52.8 Å². The maximum Gasteiger partial charge on any atom is 0.180 e. The predicted octanol–water partition coefficient (Wildman–Crippen LogP) is 2.38. The average Bonchev–Trinajstić information content (AvgIpc) is 3.44. The van der Waals surface area contributed by atoms with Crippen molar-refractivity contribution in [2.45, 2.75) is 13.5 Å². The SMILES string of the molecule is Cc1cn2c(-c3cn[nH]c3)cnc2c(Nc2cc(CN3CCN(C)CC3)ns2)n1. The Morgan fingerprint density at radius 2 is 2.07 bits per heavy atom. The number of aryl methyl sites for hydroxylation is 1. The summed E-state index contributed by atoms with van der Waals surface area (Å²) in [5.41, 5.74) is 4.74. The van der Waals surface area contributed by atoms with Gasteiger partial charge in [0.2, 0.25) is 0 Å². The average molecular weight is 410 g/mol. The van der Waals surface area contributed by atoms with Gasteiger partial charge in [0.1, 0.15) is 5.00 Å². The van der Waals surface area contributed by atoms with Crippen LogP contribution in [0, 0.1) is 6.92 Å². The molecule has 0 aromatic carbocycles. The molecule has 150 valence electrons. The molecule has 9 nitrogen and oxygen atoms in total. The second-order valence-corrected chi connectivity index (χ2v) is 8.25. The summed E-state index contributed by atoms with van der Waals surface area (Å²) < 4.78 is 6.67. The van der Waals surface area contributed by atoms with E-state index in [0.717, 1.165) is 71.8 Å². The van der Waals surface area contributed by atoms with Gasteiger partial charge in [0.15, 0.2) is 11.5 Å². The van der Waals surface area contributed by atoms with Gasteiger partial charge in [-0.15, -0.1) is 0 Å². The van der Waals surface area contributed by atoms with Gasteiger partial charge in [-0.3, -0.25) is 14.4 Å². The molecule has 0 atom stereocenters.